The van der Waals surface area contributed by atoms with E-state index in [1.54, 1.807) is 26.2 Å². The van der Waals surface area contributed by atoms with E-state index in [0.29, 0.717) is 35.3 Å². The minimum absolute atomic E-state index is 0.0509. The summed E-state index contributed by atoms with van der Waals surface area (Å²) in [6.07, 6.45) is 0. The van der Waals surface area contributed by atoms with Crippen molar-refractivity contribution in [2.45, 2.75) is 12.5 Å². The van der Waals surface area contributed by atoms with E-state index in [2.05, 4.69) is 4.99 Å². The molecule has 0 bridgehead atoms. The number of carboxylic acids is 1. The van der Waals surface area contributed by atoms with Gasteiger partial charge >= 0.3 is 5.97 Å². The molecule has 1 aromatic carbocycles. The fourth-order valence-corrected chi connectivity index (χ4v) is 2.96. The molecule has 21 heavy (non-hydrogen) atoms. The number of aliphatic carboxylic acids is 1. The first-order valence-corrected chi connectivity index (χ1v) is 7.36. The summed E-state index contributed by atoms with van der Waals surface area (Å²) in [4.78, 5) is 15.4. The normalized spacial score (nSPS) is 21.1. The zero-order valence-electron chi connectivity index (χ0n) is 11.8. The van der Waals surface area contributed by atoms with Crippen molar-refractivity contribution in [3.63, 3.8) is 0 Å². The Morgan fingerprint density at radius 1 is 1.48 bits per heavy atom. The van der Waals surface area contributed by atoms with Gasteiger partial charge in [0.2, 0.25) is 0 Å². The predicted octanol–water partition coefficient (Wildman–Crippen LogP) is 1.75. The molecule has 1 aliphatic heterocycles. The summed E-state index contributed by atoms with van der Waals surface area (Å²) < 4.78 is 10.4. The number of aromatic hydroxyl groups is 1. The third-order valence-corrected chi connectivity index (χ3v) is 4.34. The number of phenolic OH excluding ortho intramolecular Hbond substituents is 1. The van der Waals surface area contributed by atoms with E-state index in [0.717, 1.165) is 0 Å². The molecule has 0 radical (unpaired) electrons. The number of rotatable bonds is 6. The second kappa shape index (κ2) is 6.36. The zero-order chi connectivity index (χ0) is 15.5. The van der Waals surface area contributed by atoms with Gasteiger partial charge in [0.15, 0.2) is 5.54 Å². The Bertz CT molecular complexity index is 574. The van der Waals surface area contributed by atoms with Crippen LogP contribution in [0.3, 0.4) is 0 Å². The van der Waals surface area contributed by atoms with E-state index in [1.807, 2.05) is 0 Å². The van der Waals surface area contributed by atoms with Crippen LogP contribution < -0.4 is 4.74 Å². The lowest BCUT2D eigenvalue weighted by Gasteiger charge is -2.12. The van der Waals surface area contributed by atoms with Crippen LogP contribution in [0.4, 0.5) is 0 Å². The number of carboxylic acid groups (broad SMARTS) is 1. The van der Waals surface area contributed by atoms with E-state index in [1.165, 1.54) is 17.8 Å². The van der Waals surface area contributed by atoms with Crippen LogP contribution in [0.15, 0.2) is 23.2 Å². The van der Waals surface area contributed by atoms with Gasteiger partial charge in [0.05, 0.1) is 12.2 Å². The van der Waals surface area contributed by atoms with Crippen molar-refractivity contribution < 1.29 is 24.5 Å². The molecule has 1 atom stereocenters. The molecular formula is C14H17NO5S. The second-order valence-corrected chi connectivity index (χ2v) is 5.77. The predicted molar refractivity (Wildman–Crippen MR) is 80.5 cm³/mol. The van der Waals surface area contributed by atoms with E-state index < -0.39 is 11.5 Å². The average molecular weight is 311 g/mol. The van der Waals surface area contributed by atoms with Crippen LogP contribution in [0, 0.1) is 0 Å². The van der Waals surface area contributed by atoms with Gasteiger partial charge in [-0.05, 0) is 25.1 Å². The number of carbonyl (C=O) groups is 1. The van der Waals surface area contributed by atoms with E-state index >= 15 is 0 Å². The number of benzene rings is 1. The van der Waals surface area contributed by atoms with Crippen molar-refractivity contribution in [2.75, 3.05) is 26.1 Å². The molecule has 6 nitrogen and oxygen atoms in total. The van der Waals surface area contributed by atoms with Crippen molar-refractivity contribution in [3.8, 4) is 11.5 Å². The first kappa shape index (κ1) is 15.7. The number of aliphatic imine (C=N–C) groups is 1. The van der Waals surface area contributed by atoms with Gasteiger partial charge in [0.25, 0.3) is 0 Å². The van der Waals surface area contributed by atoms with Gasteiger partial charge < -0.3 is 19.7 Å². The Morgan fingerprint density at radius 2 is 2.24 bits per heavy atom. The summed E-state index contributed by atoms with van der Waals surface area (Å²) in [6, 6.07) is 4.81. The van der Waals surface area contributed by atoms with Crippen LogP contribution in [0.5, 0.6) is 11.5 Å². The Morgan fingerprint density at radius 3 is 2.86 bits per heavy atom. The molecular weight excluding hydrogens is 294 g/mol. The molecule has 0 saturated carbocycles. The quantitative estimate of drug-likeness (QED) is 0.778. The van der Waals surface area contributed by atoms with E-state index in [4.69, 9.17) is 9.47 Å². The topological polar surface area (TPSA) is 88.4 Å². The molecule has 2 rings (SSSR count). The lowest BCUT2D eigenvalue weighted by molar-refractivity contribution is -0.141. The minimum Gasteiger partial charge on any atom is -0.507 e. The Labute approximate surface area is 126 Å². The molecule has 0 spiro atoms. The molecule has 0 amide bonds. The molecule has 114 valence electrons. The van der Waals surface area contributed by atoms with Crippen molar-refractivity contribution in [2.24, 2.45) is 4.99 Å². The highest BCUT2D eigenvalue weighted by atomic mass is 32.2. The first-order valence-electron chi connectivity index (χ1n) is 6.37. The van der Waals surface area contributed by atoms with Gasteiger partial charge in [-0.3, -0.25) is 4.99 Å². The van der Waals surface area contributed by atoms with Gasteiger partial charge in [-0.1, -0.05) is 0 Å². The number of thioether (sulfide) groups is 1. The molecule has 2 N–H and O–H groups in total. The zero-order valence-corrected chi connectivity index (χ0v) is 12.6. The molecule has 0 aliphatic carbocycles. The monoisotopic (exact) mass is 311 g/mol. The maximum atomic E-state index is 11.2. The number of nitrogens with zero attached hydrogens (tertiary/aromatic N) is 1. The molecule has 0 unspecified atom stereocenters. The first-order chi connectivity index (χ1) is 9.96. The third kappa shape index (κ3) is 3.48. The average Bonchev–Trinajstić information content (AvgIpc) is 2.85. The molecule has 1 heterocycles. The fraction of sp³-hybridized carbons (Fsp3) is 0.429. The Balaban J connectivity index is 2.23. The van der Waals surface area contributed by atoms with Crippen molar-refractivity contribution in [1.82, 2.24) is 0 Å². The smallest absolute Gasteiger partial charge is 0.332 e. The van der Waals surface area contributed by atoms with Crippen LogP contribution in [0.1, 0.15) is 12.5 Å². The lowest BCUT2D eigenvalue weighted by atomic mass is 10.1. The van der Waals surface area contributed by atoms with Gasteiger partial charge in [0.1, 0.15) is 23.1 Å². The molecule has 0 aromatic heterocycles. The third-order valence-electron chi connectivity index (χ3n) is 3.05. The van der Waals surface area contributed by atoms with Crippen LogP contribution >= 0.6 is 11.8 Å². The molecule has 0 saturated heterocycles. The van der Waals surface area contributed by atoms with Crippen LogP contribution in [0.25, 0.3) is 0 Å². The van der Waals surface area contributed by atoms with Crippen molar-refractivity contribution in [3.05, 3.63) is 23.8 Å². The Hall–Kier alpha value is -1.73. The fourth-order valence-electron chi connectivity index (χ4n) is 1.76. The number of hydrogen-bond acceptors (Lipinski definition) is 6. The second-order valence-electron chi connectivity index (χ2n) is 4.80. The van der Waals surface area contributed by atoms with Crippen LogP contribution in [-0.2, 0) is 9.53 Å². The molecule has 0 fully saturated rings. The lowest BCUT2D eigenvalue weighted by Crippen LogP contribution is -2.33. The summed E-state index contributed by atoms with van der Waals surface area (Å²) in [6.45, 7) is 2.42. The molecule has 1 aromatic rings. The number of ether oxygens (including phenoxy) is 2. The number of phenols is 1. The van der Waals surface area contributed by atoms with Gasteiger partial charge in [-0.15, -0.1) is 11.8 Å². The SMILES string of the molecule is COCCOc1ccc(O)c(C2=N[C@@](C)(C(=O)O)CS2)c1. The molecule has 1 aliphatic rings. The summed E-state index contributed by atoms with van der Waals surface area (Å²) >= 11 is 1.31. The molecule has 7 heteroatoms. The summed E-state index contributed by atoms with van der Waals surface area (Å²) in [7, 11) is 1.59. The minimum atomic E-state index is -1.15. The highest BCUT2D eigenvalue weighted by Crippen LogP contribution is 2.35. The Kier molecular flexibility index (Phi) is 4.74. The largest absolute Gasteiger partial charge is 0.507 e. The van der Waals surface area contributed by atoms with Gasteiger partial charge in [0, 0.05) is 12.9 Å². The highest BCUT2D eigenvalue weighted by molar-refractivity contribution is 8.14. The van der Waals surface area contributed by atoms with Gasteiger partial charge in [-0.25, -0.2) is 4.79 Å². The summed E-state index contributed by atoms with van der Waals surface area (Å²) in [5.74, 6) is -0.00895. The maximum absolute atomic E-state index is 11.2. The number of methoxy groups -OCH3 is 1. The number of hydrogen-bond donors (Lipinski definition) is 2. The standard InChI is InChI=1S/C14H17NO5S/c1-14(13(17)18)8-21-12(15-14)10-7-9(3-4-11(10)16)20-6-5-19-2/h3-4,7,16H,5-6,8H2,1-2H3,(H,17,18)/t14-/m1/s1. The van der Waals surface area contributed by atoms with E-state index in [-0.39, 0.29) is 5.75 Å². The van der Waals surface area contributed by atoms with Gasteiger partial charge in [-0.2, -0.15) is 0 Å². The van der Waals surface area contributed by atoms with Crippen molar-refractivity contribution in [1.29, 1.82) is 0 Å². The summed E-state index contributed by atoms with van der Waals surface area (Å²) in [5.41, 5.74) is -0.667. The highest BCUT2D eigenvalue weighted by Gasteiger charge is 2.39. The van der Waals surface area contributed by atoms with Crippen molar-refractivity contribution >= 4 is 22.8 Å². The van der Waals surface area contributed by atoms with Crippen LogP contribution in [-0.4, -0.2) is 52.8 Å². The van der Waals surface area contributed by atoms with E-state index in [9.17, 15) is 15.0 Å². The maximum Gasteiger partial charge on any atom is 0.332 e. The summed E-state index contributed by atoms with van der Waals surface area (Å²) in [5, 5.41) is 19.6. The van der Waals surface area contributed by atoms with Crippen LogP contribution in [0.2, 0.25) is 0 Å².